The molecule has 20 heavy (non-hydrogen) atoms. The first kappa shape index (κ1) is 14.9. The van der Waals surface area contributed by atoms with Crippen molar-refractivity contribution in [3.63, 3.8) is 0 Å². The summed E-state index contributed by atoms with van der Waals surface area (Å²) in [7, 11) is 0. The molecule has 1 heterocycles. The number of hydrogen-bond donors (Lipinski definition) is 1. The lowest BCUT2D eigenvalue weighted by Crippen LogP contribution is -2.53. The summed E-state index contributed by atoms with van der Waals surface area (Å²) in [5.41, 5.74) is 5.26. The van der Waals surface area contributed by atoms with Gasteiger partial charge in [-0.05, 0) is 25.5 Å². The molecule has 2 atom stereocenters. The summed E-state index contributed by atoms with van der Waals surface area (Å²) >= 11 is 0. The Kier molecular flexibility index (Phi) is 4.35. The van der Waals surface area contributed by atoms with Gasteiger partial charge in [0.1, 0.15) is 17.2 Å². The van der Waals surface area contributed by atoms with Crippen LogP contribution in [-0.4, -0.2) is 42.6 Å². The minimum Gasteiger partial charge on any atom is -0.373 e. The zero-order chi connectivity index (χ0) is 14.9. The molecule has 0 bridgehead atoms. The van der Waals surface area contributed by atoms with E-state index in [0.717, 1.165) is 6.07 Å². The van der Waals surface area contributed by atoms with Gasteiger partial charge in [-0.1, -0.05) is 6.07 Å². The Morgan fingerprint density at radius 2 is 2.20 bits per heavy atom. The Hall–Kier alpha value is -1.53. The molecule has 0 spiro atoms. The largest absolute Gasteiger partial charge is 0.373 e. The van der Waals surface area contributed by atoms with Gasteiger partial charge in [-0.3, -0.25) is 4.79 Å². The lowest BCUT2D eigenvalue weighted by Gasteiger charge is -2.37. The van der Waals surface area contributed by atoms with Gasteiger partial charge in [-0.2, -0.15) is 0 Å². The van der Waals surface area contributed by atoms with Crippen molar-refractivity contribution < 1.29 is 18.3 Å². The first-order valence-electron chi connectivity index (χ1n) is 6.53. The van der Waals surface area contributed by atoms with Crippen molar-refractivity contribution in [2.45, 2.75) is 26.0 Å². The van der Waals surface area contributed by atoms with Gasteiger partial charge in [0.25, 0.3) is 5.91 Å². The van der Waals surface area contributed by atoms with Gasteiger partial charge in [0.05, 0.1) is 18.8 Å². The Balaban J connectivity index is 2.33. The molecule has 1 amide bonds. The molecule has 2 N–H and O–H groups in total. The molecule has 1 aliphatic heterocycles. The van der Waals surface area contributed by atoms with E-state index < -0.39 is 23.1 Å². The molecule has 2 rings (SSSR count). The fourth-order valence-corrected chi connectivity index (χ4v) is 2.24. The van der Waals surface area contributed by atoms with E-state index in [4.69, 9.17) is 10.5 Å². The van der Waals surface area contributed by atoms with E-state index >= 15 is 0 Å². The number of nitrogens with zero attached hydrogens (tertiary/aromatic N) is 1. The minimum atomic E-state index is -0.846. The Labute approximate surface area is 116 Å². The normalized spacial score (nSPS) is 22.9. The van der Waals surface area contributed by atoms with Gasteiger partial charge in [0.2, 0.25) is 0 Å². The van der Waals surface area contributed by atoms with E-state index in [2.05, 4.69) is 0 Å². The molecule has 2 unspecified atom stereocenters. The molecule has 6 heteroatoms. The zero-order valence-electron chi connectivity index (χ0n) is 11.5. The molecule has 0 aliphatic carbocycles. The third-order valence-corrected chi connectivity index (χ3v) is 3.53. The number of aryl methyl sites for hydroxylation is 1. The molecule has 0 aromatic heterocycles. The van der Waals surface area contributed by atoms with Crippen molar-refractivity contribution in [1.29, 1.82) is 0 Å². The van der Waals surface area contributed by atoms with Crippen LogP contribution in [-0.2, 0) is 4.74 Å². The van der Waals surface area contributed by atoms with Gasteiger partial charge in [0, 0.05) is 13.1 Å². The molecule has 0 radical (unpaired) electrons. The third-order valence-electron chi connectivity index (χ3n) is 3.53. The summed E-state index contributed by atoms with van der Waals surface area (Å²) in [5, 5.41) is 0. The highest BCUT2D eigenvalue weighted by Gasteiger charge is 2.32. The molecule has 1 aliphatic rings. The van der Waals surface area contributed by atoms with Crippen molar-refractivity contribution in [3.8, 4) is 0 Å². The maximum absolute atomic E-state index is 14.0. The lowest BCUT2D eigenvalue weighted by molar-refractivity contribution is -0.0428. The molecule has 110 valence electrons. The summed E-state index contributed by atoms with van der Waals surface area (Å²) in [6, 6.07) is 2.17. The summed E-state index contributed by atoms with van der Waals surface area (Å²) < 4.78 is 33.3. The Bertz CT molecular complexity index is 522. The smallest absolute Gasteiger partial charge is 0.260 e. The van der Waals surface area contributed by atoms with Gasteiger partial charge in [-0.15, -0.1) is 0 Å². The predicted molar refractivity (Wildman–Crippen MR) is 70.4 cm³/mol. The second-order valence-electron chi connectivity index (χ2n) is 5.05. The maximum atomic E-state index is 14.0. The van der Waals surface area contributed by atoms with Gasteiger partial charge < -0.3 is 15.4 Å². The highest BCUT2D eigenvalue weighted by atomic mass is 19.1. The van der Waals surface area contributed by atoms with Crippen LogP contribution >= 0.6 is 0 Å². The first-order valence-corrected chi connectivity index (χ1v) is 6.53. The SMILES string of the molecule is Cc1ccc(F)c(C(=O)N2CC(CN)OCC2C)c1F. The summed E-state index contributed by atoms with van der Waals surface area (Å²) in [6.07, 6.45) is -0.300. The zero-order valence-corrected chi connectivity index (χ0v) is 11.5. The summed E-state index contributed by atoms with van der Waals surface area (Å²) in [5.74, 6) is -2.31. The number of benzene rings is 1. The number of morpholine rings is 1. The predicted octanol–water partition coefficient (Wildman–Crippen LogP) is 1.46. The Morgan fingerprint density at radius 1 is 1.50 bits per heavy atom. The number of carbonyl (C=O) groups excluding carboxylic acids is 1. The number of halogens is 2. The van der Waals surface area contributed by atoms with E-state index in [1.54, 1.807) is 6.92 Å². The van der Waals surface area contributed by atoms with Crippen LogP contribution in [0.4, 0.5) is 8.78 Å². The standard InChI is InChI=1S/C14H18F2N2O2/c1-8-3-4-11(15)12(13(8)16)14(19)18-6-10(5-17)20-7-9(18)2/h3-4,9-10H,5-7,17H2,1-2H3. The second kappa shape index (κ2) is 5.85. The second-order valence-corrected chi connectivity index (χ2v) is 5.05. The molecule has 1 aromatic carbocycles. The van der Waals surface area contributed by atoms with Crippen LogP contribution in [0.5, 0.6) is 0 Å². The van der Waals surface area contributed by atoms with Crippen molar-refractivity contribution in [1.82, 2.24) is 4.90 Å². The maximum Gasteiger partial charge on any atom is 0.260 e. The number of rotatable bonds is 2. The van der Waals surface area contributed by atoms with E-state index in [-0.39, 0.29) is 30.8 Å². The van der Waals surface area contributed by atoms with Crippen LogP contribution in [0.15, 0.2) is 12.1 Å². The number of nitrogens with two attached hydrogens (primary N) is 1. The average Bonchev–Trinajstić information content (AvgIpc) is 2.43. The van der Waals surface area contributed by atoms with Crippen LogP contribution in [0.25, 0.3) is 0 Å². The first-order chi connectivity index (χ1) is 9.45. The monoisotopic (exact) mass is 284 g/mol. The highest BCUT2D eigenvalue weighted by Crippen LogP contribution is 2.21. The Morgan fingerprint density at radius 3 is 2.85 bits per heavy atom. The molecule has 0 saturated carbocycles. The van der Waals surface area contributed by atoms with E-state index in [1.165, 1.54) is 17.9 Å². The molecule has 1 saturated heterocycles. The number of ether oxygens (including phenoxy) is 1. The van der Waals surface area contributed by atoms with Crippen molar-refractivity contribution in [3.05, 3.63) is 34.9 Å². The molecular weight excluding hydrogens is 266 g/mol. The minimum absolute atomic E-state index is 0.239. The molecule has 1 aromatic rings. The van der Waals surface area contributed by atoms with Crippen molar-refractivity contribution in [2.75, 3.05) is 19.7 Å². The number of amides is 1. The van der Waals surface area contributed by atoms with Gasteiger partial charge in [0.15, 0.2) is 0 Å². The fraction of sp³-hybridized carbons (Fsp3) is 0.500. The van der Waals surface area contributed by atoms with Crippen LogP contribution in [0.2, 0.25) is 0 Å². The lowest BCUT2D eigenvalue weighted by atomic mass is 10.1. The van der Waals surface area contributed by atoms with Gasteiger partial charge in [-0.25, -0.2) is 8.78 Å². The van der Waals surface area contributed by atoms with Crippen molar-refractivity contribution in [2.24, 2.45) is 5.73 Å². The number of carbonyl (C=O) groups is 1. The quantitative estimate of drug-likeness (QED) is 0.894. The van der Waals surface area contributed by atoms with E-state index in [9.17, 15) is 13.6 Å². The van der Waals surface area contributed by atoms with Crippen LogP contribution < -0.4 is 5.73 Å². The van der Waals surface area contributed by atoms with Crippen LogP contribution in [0.1, 0.15) is 22.8 Å². The molecule has 1 fully saturated rings. The van der Waals surface area contributed by atoms with Crippen LogP contribution in [0, 0.1) is 18.6 Å². The van der Waals surface area contributed by atoms with Crippen molar-refractivity contribution >= 4 is 5.91 Å². The molecule has 4 nitrogen and oxygen atoms in total. The fourth-order valence-electron chi connectivity index (χ4n) is 2.24. The van der Waals surface area contributed by atoms with Gasteiger partial charge >= 0.3 is 0 Å². The number of hydrogen-bond acceptors (Lipinski definition) is 3. The highest BCUT2D eigenvalue weighted by molar-refractivity contribution is 5.95. The summed E-state index contributed by atoms with van der Waals surface area (Å²) in [4.78, 5) is 13.8. The average molecular weight is 284 g/mol. The summed E-state index contributed by atoms with van der Waals surface area (Å²) in [6.45, 7) is 4.08. The van der Waals surface area contributed by atoms with Crippen LogP contribution in [0.3, 0.4) is 0 Å². The molecular formula is C14H18F2N2O2. The topological polar surface area (TPSA) is 55.6 Å². The van der Waals surface area contributed by atoms with E-state index in [1.807, 2.05) is 0 Å². The third kappa shape index (κ3) is 2.66. The van der Waals surface area contributed by atoms with E-state index in [0.29, 0.717) is 6.61 Å².